The highest BCUT2D eigenvalue weighted by Gasteiger charge is 2.53. The molecule has 1 aliphatic rings. The van der Waals surface area contributed by atoms with Gasteiger partial charge in [0.2, 0.25) is 0 Å². The van der Waals surface area contributed by atoms with Gasteiger partial charge in [-0.05, 0) is 35.8 Å². The molecule has 1 heterocycles. The quantitative estimate of drug-likeness (QED) is 0.769. The zero-order valence-electron chi connectivity index (χ0n) is 13.8. The van der Waals surface area contributed by atoms with Crippen LogP contribution in [0.3, 0.4) is 0 Å². The van der Waals surface area contributed by atoms with E-state index in [1.165, 1.54) is 4.90 Å². The number of carboxylic acid groups (broad SMARTS) is 1. The van der Waals surface area contributed by atoms with Crippen LogP contribution in [0, 0.1) is 0 Å². The van der Waals surface area contributed by atoms with Gasteiger partial charge in [0.1, 0.15) is 5.60 Å². The van der Waals surface area contributed by atoms with E-state index < -0.39 is 20.0 Å². The molecule has 122 valence electrons. The lowest BCUT2D eigenvalue weighted by atomic mass is 9.86. The van der Waals surface area contributed by atoms with Crippen molar-refractivity contribution in [2.24, 2.45) is 0 Å². The minimum absolute atomic E-state index is 0.0823. The van der Waals surface area contributed by atoms with Crippen LogP contribution in [0.2, 0.25) is 18.1 Å². The van der Waals surface area contributed by atoms with E-state index in [-0.39, 0.29) is 5.04 Å². The van der Waals surface area contributed by atoms with Crippen molar-refractivity contribution in [3.05, 3.63) is 34.3 Å². The van der Waals surface area contributed by atoms with Crippen molar-refractivity contribution < 1.29 is 14.3 Å². The molecular formula is C16H24BrNO3Si. The molecule has 1 aliphatic heterocycles. The molecule has 0 bridgehead atoms. The second-order valence-corrected chi connectivity index (χ2v) is 13.1. The average Bonchev–Trinajstić information content (AvgIpc) is 2.32. The molecular weight excluding hydrogens is 362 g/mol. The first-order chi connectivity index (χ1) is 9.97. The molecule has 1 amide bonds. The average molecular weight is 386 g/mol. The number of likely N-dealkylation sites (tertiary alicyclic amines) is 1. The third-order valence-corrected chi connectivity index (χ3v) is 9.83. The second-order valence-electron chi connectivity index (χ2n) is 7.50. The van der Waals surface area contributed by atoms with Crippen LogP contribution in [0.4, 0.5) is 4.79 Å². The highest BCUT2D eigenvalue weighted by molar-refractivity contribution is 9.10. The van der Waals surface area contributed by atoms with Gasteiger partial charge in [0, 0.05) is 4.47 Å². The lowest BCUT2D eigenvalue weighted by Gasteiger charge is -2.54. The fourth-order valence-electron chi connectivity index (χ4n) is 2.41. The van der Waals surface area contributed by atoms with E-state index >= 15 is 0 Å². The Morgan fingerprint density at radius 1 is 1.27 bits per heavy atom. The zero-order chi connectivity index (χ0) is 16.8. The third kappa shape index (κ3) is 3.24. The first-order valence-electron chi connectivity index (χ1n) is 7.41. The van der Waals surface area contributed by atoms with Crippen molar-refractivity contribution in [1.29, 1.82) is 0 Å². The van der Waals surface area contributed by atoms with E-state index in [9.17, 15) is 9.90 Å². The Kier molecular flexibility index (Phi) is 4.50. The van der Waals surface area contributed by atoms with Crippen LogP contribution < -0.4 is 0 Å². The zero-order valence-corrected chi connectivity index (χ0v) is 16.4. The Morgan fingerprint density at radius 3 is 2.18 bits per heavy atom. The van der Waals surface area contributed by atoms with E-state index in [0.29, 0.717) is 13.1 Å². The van der Waals surface area contributed by atoms with E-state index in [1.54, 1.807) is 0 Å². The molecule has 0 saturated carbocycles. The molecule has 6 heteroatoms. The predicted octanol–water partition coefficient (Wildman–Crippen LogP) is 4.66. The van der Waals surface area contributed by atoms with Gasteiger partial charge in [-0.1, -0.05) is 48.8 Å². The Balaban J connectivity index is 2.33. The van der Waals surface area contributed by atoms with Gasteiger partial charge in [-0.15, -0.1) is 0 Å². The summed E-state index contributed by atoms with van der Waals surface area (Å²) >= 11 is 3.44. The number of carbonyl (C=O) groups is 1. The molecule has 0 spiro atoms. The van der Waals surface area contributed by atoms with Gasteiger partial charge in [0.25, 0.3) is 0 Å². The standard InChI is InChI=1S/C16H24BrNO3Si/c1-15(2,3)22(4,5)21-16(10-18(11-16)14(19)20)12-6-8-13(17)9-7-12/h6-9H,10-11H2,1-5H3,(H,19,20). The monoisotopic (exact) mass is 385 g/mol. The number of hydrogen-bond donors (Lipinski definition) is 1. The fourth-order valence-corrected chi connectivity index (χ4v) is 4.20. The number of amides is 1. The van der Waals surface area contributed by atoms with Crippen molar-refractivity contribution in [3.63, 3.8) is 0 Å². The van der Waals surface area contributed by atoms with Crippen molar-refractivity contribution in [2.75, 3.05) is 13.1 Å². The fraction of sp³-hybridized carbons (Fsp3) is 0.562. The van der Waals surface area contributed by atoms with Gasteiger partial charge in [-0.25, -0.2) is 4.79 Å². The summed E-state index contributed by atoms with van der Waals surface area (Å²) in [7, 11) is -2.00. The van der Waals surface area contributed by atoms with Crippen molar-refractivity contribution >= 4 is 30.3 Å². The normalized spacial score (nSPS) is 18.0. The molecule has 0 unspecified atom stereocenters. The SMILES string of the molecule is CC(C)(C)[Si](C)(C)OC1(c2ccc(Br)cc2)CN(C(=O)O)C1. The molecule has 1 aromatic rings. The molecule has 0 atom stereocenters. The van der Waals surface area contributed by atoms with Crippen molar-refractivity contribution in [2.45, 2.75) is 44.5 Å². The molecule has 1 N–H and O–H groups in total. The molecule has 0 aliphatic carbocycles. The highest BCUT2D eigenvalue weighted by Crippen LogP contribution is 2.45. The number of halogens is 1. The number of nitrogens with zero attached hydrogens (tertiary/aromatic N) is 1. The summed E-state index contributed by atoms with van der Waals surface area (Å²) in [6.07, 6.45) is -0.883. The van der Waals surface area contributed by atoms with Gasteiger partial charge >= 0.3 is 6.09 Å². The molecule has 22 heavy (non-hydrogen) atoms. The van der Waals surface area contributed by atoms with Gasteiger partial charge in [-0.3, -0.25) is 0 Å². The van der Waals surface area contributed by atoms with Crippen LogP contribution in [0.25, 0.3) is 0 Å². The summed E-state index contributed by atoms with van der Waals surface area (Å²) in [6, 6.07) is 8.01. The molecule has 1 aromatic carbocycles. The Hall–Kier alpha value is -0.853. The smallest absolute Gasteiger partial charge is 0.407 e. The van der Waals surface area contributed by atoms with Gasteiger partial charge in [0.05, 0.1) is 13.1 Å². The third-order valence-electron chi connectivity index (χ3n) is 4.79. The lowest BCUT2D eigenvalue weighted by molar-refractivity contribution is -0.0786. The van der Waals surface area contributed by atoms with Crippen molar-refractivity contribution in [3.8, 4) is 0 Å². The number of benzene rings is 1. The van der Waals surface area contributed by atoms with Gasteiger partial charge in [0.15, 0.2) is 8.32 Å². The second kappa shape index (κ2) is 5.65. The minimum atomic E-state index is -2.00. The molecule has 0 aromatic heterocycles. The maximum absolute atomic E-state index is 11.2. The Labute approximate surface area is 141 Å². The number of hydrogen-bond acceptors (Lipinski definition) is 2. The van der Waals surface area contributed by atoms with Crippen LogP contribution in [0.1, 0.15) is 26.3 Å². The number of rotatable bonds is 3. The summed E-state index contributed by atoms with van der Waals surface area (Å²) in [4.78, 5) is 12.6. The van der Waals surface area contributed by atoms with E-state index in [0.717, 1.165) is 10.0 Å². The summed E-state index contributed by atoms with van der Waals surface area (Å²) in [6.45, 7) is 11.8. The molecule has 4 nitrogen and oxygen atoms in total. The van der Waals surface area contributed by atoms with E-state index in [1.807, 2.05) is 24.3 Å². The molecule has 1 saturated heterocycles. The molecule has 1 fully saturated rings. The summed E-state index contributed by atoms with van der Waals surface area (Å²) in [5, 5.41) is 9.27. The van der Waals surface area contributed by atoms with Crippen LogP contribution >= 0.6 is 15.9 Å². The summed E-state index contributed by atoms with van der Waals surface area (Å²) in [5.41, 5.74) is 0.542. The van der Waals surface area contributed by atoms with Gasteiger partial charge in [-0.2, -0.15) is 0 Å². The predicted molar refractivity (Wildman–Crippen MR) is 93.7 cm³/mol. The Morgan fingerprint density at radius 2 is 1.77 bits per heavy atom. The summed E-state index contributed by atoms with van der Waals surface area (Å²) < 4.78 is 7.66. The Bertz CT molecular complexity index is 560. The largest absolute Gasteiger partial charge is 0.465 e. The first kappa shape index (κ1) is 17.5. The topological polar surface area (TPSA) is 49.8 Å². The first-order valence-corrected chi connectivity index (χ1v) is 11.1. The molecule has 2 rings (SSSR count). The lowest BCUT2D eigenvalue weighted by Crippen LogP contribution is -2.66. The van der Waals surface area contributed by atoms with Crippen molar-refractivity contribution in [1.82, 2.24) is 4.90 Å². The maximum Gasteiger partial charge on any atom is 0.407 e. The minimum Gasteiger partial charge on any atom is -0.465 e. The van der Waals surface area contributed by atoms with Crippen LogP contribution in [0.5, 0.6) is 0 Å². The van der Waals surface area contributed by atoms with Crippen LogP contribution in [-0.4, -0.2) is 37.5 Å². The maximum atomic E-state index is 11.2. The summed E-state index contributed by atoms with van der Waals surface area (Å²) in [5.74, 6) is 0. The van der Waals surface area contributed by atoms with Gasteiger partial charge < -0.3 is 14.4 Å². The molecule has 0 radical (unpaired) electrons. The van der Waals surface area contributed by atoms with E-state index in [4.69, 9.17) is 4.43 Å². The highest BCUT2D eigenvalue weighted by atomic mass is 79.9. The van der Waals surface area contributed by atoms with E-state index in [2.05, 4.69) is 49.8 Å². The van der Waals surface area contributed by atoms with Crippen LogP contribution in [-0.2, 0) is 10.0 Å². The van der Waals surface area contributed by atoms with Crippen LogP contribution in [0.15, 0.2) is 28.7 Å².